The molecule has 8 nitrogen and oxygen atoms in total. The zero-order valence-corrected chi connectivity index (χ0v) is 24.2. The molecule has 3 aromatic carbocycles. The highest BCUT2D eigenvalue weighted by atomic mass is 16.5. The number of hydrogen-bond donors (Lipinski definition) is 2. The van der Waals surface area contributed by atoms with Crippen molar-refractivity contribution in [2.45, 2.75) is 38.0 Å². The Bertz CT molecular complexity index is 1560. The number of phenols is 1. The average Bonchev–Trinajstić information content (AvgIpc) is 3.00. The number of rotatable bonds is 9. The lowest BCUT2D eigenvalue weighted by Crippen LogP contribution is -2.36. The summed E-state index contributed by atoms with van der Waals surface area (Å²) in [6, 6.07) is 20.4. The summed E-state index contributed by atoms with van der Waals surface area (Å²) >= 11 is 0. The third kappa shape index (κ3) is 5.70. The van der Waals surface area contributed by atoms with E-state index in [-0.39, 0.29) is 36.2 Å². The highest BCUT2D eigenvalue weighted by Gasteiger charge is 2.41. The Morgan fingerprint density at radius 3 is 2.29 bits per heavy atom. The van der Waals surface area contributed by atoms with Crippen molar-refractivity contribution >= 4 is 11.8 Å². The topological polar surface area (TPSA) is 103 Å². The van der Waals surface area contributed by atoms with Crippen molar-refractivity contribution in [3.63, 3.8) is 0 Å². The Morgan fingerprint density at radius 2 is 1.57 bits per heavy atom. The fraction of sp³-hybridized carbons (Fsp3) is 0.294. The van der Waals surface area contributed by atoms with E-state index in [0.717, 1.165) is 16.8 Å². The summed E-state index contributed by atoms with van der Waals surface area (Å²) in [6.07, 6.45) is 1.40. The molecule has 0 saturated carbocycles. The quantitative estimate of drug-likeness (QED) is 0.323. The maximum Gasteiger partial charge on any atom is 0.336 e. The molecule has 2 N–H and O–H groups in total. The number of methoxy groups -OCH3 is 3. The van der Waals surface area contributed by atoms with Crippen molar-refractivity contribution in [3.8, 4) is 23.0 Å². The first-order valence-corrected chi connectivity index (χ1v) is 13.9. The second-order valence-corrected chi connectivity index (χ2v) is 10.4. The number of carbonyl (C=O) groups is 2. The number of hydrogen-bond acceptors (Lipinski definition) is 8. The number of allylic oxidation sites excluding steroid dienone is 3. The van der Waals surface area contributed by atoms with Crippen molar-refractivity contribution in [1.29, 1.82) is 0 Å². The molecule has 0 radical (unpaired) electrons. The molecule has 1 heterocycles. The SMILES string of the molecule is COc1cc([C@@H]2C(C(=O)OCCc3ccccc3)=C(C)NC3=C2C(=O)C[C@H](c2ccc(OC)c(OC)c2)C3)ccc1O. The lowest BCUT2D eigenvalue weighted by Gasteiger charge is -2.37. The summed E-state index contributed by atoms with van der Waals surface area (Å²) < 4.78 is 22.0. The van der Waals surface area contributed by atoms with Gasteiger partial charge in [0.05, 0.1) is 33.5 Å². The van der Waals surface area contributed by atoms with Gasteiger partial charge in [0.25, 0.3) is 0 Å². The minimum atomic E-state index is -0.682. The molecule has 2 atom stereocenters. The van der Waals surface area contributed by atoms with E-state index in [1.54, 1.807) is 26.4 Å². The second-order valence-electron chi connectivity index (χ2n) is 10.4. The monoisotopic (exact) mass is 569 g/mol. The van der Waals surface area contributed by atoms with Gasteiger partial charge < -0.3 is 29.4 Å². The van der Waals surface area contributed by atoms with E-state index in [4.69, 9.17) is 18.9 Å². The van der Waals surface area contributed by atoms with E-state index >= 15 is 0 Å². The van der Waals surface area contributed by atoms with Crippen LogP contribution in [0.2, 0.25) is 0 Å². The third-order valence-corrected chi connectivity index (χ3v) is 7.93. The summed E-state index contributed by atoms with van der Waals surface area (Å²) in [5.74, 6) is 0.121. The van der Waals surface area contributed by atoms with Gasteiger partial charge in [0.1, 0.15) is 0 Å². The molecule has 218 valence electrons. The highest BCUT2D eigenvalue weighted by Crippen LogP contribution is 2.47. The molecule has 0 fully saturated rings. The van der Waals surface area contributed by atoms with Crippen LogP contribution in [0.25, 0.3) is 0 Å². The Morgan fingerprint density at radius 1 is 0.881 bits per heavy atom. The van der Waals surface area contributed by atoms with Crippen molar-refractivity contribution in [2.24, 2.45) is 0 Å². The van der Waals surface area contributed by atoms with E-state index in [1.165, 1.54) is 13.2 Å². The van der Waals surface area contributed by atoms with Gasteiger partial charge in [0.2, 0.25) is 0 Å². The van der Waals surface area contributed by atoms with Gasteiger partial charge in [0, 0.05) is 35.7 Å². The summed E-state index contributed by atoms with van der Waals surface area (Å²) in [7, 11) is 4.63. The highest BCUT2D eigenvalue weighted by molar-refractivity contribution is 6.04. The Labute approximate surface area is 245 Å². The van der Waals surface area contributed by atoms with E-state index < -0.39 is 11.9 Å². The van der Waals surface area contributed by atoms with Gasteiger partial charge in [0.15, 0.2) is 28.8 Å². The molecule has 1 aliphatic carbocycles. The largest absolute Gasteiger partial charge is 0.504 e. The number of dihydropyridines is 1. The van der Waals surface area contributed by atoms with Gasteiger partial charge in [-0.25, -0.2) is 4.79 Å². The van der Waals surface area contributed by atoms with Crippen LogP contribution in [0.5, 0.6) is 23.0 Å². The van der Waals surface area contributed by atoms with E-state index in [2.05, 4.69) is 5.32 Å². The van der Waals surface area contributed by atoms with E-state index in [1.807, 2.05) is 55.5 Å². The number of Topliss-reactive ketones (excluding diaryl/α,β-unsaturated/α-hetero) is 1. The Kier molecular flexibility index (Phi) is 8.52. The van der Waals surface area contributed by atoms with Crippen LogP contribution in [0, 0.1) is 0 Å². The zero-order chi connectivity index (χ0) is 29.8. The van der Waals surface area contributed by atoms with Crippen LogP contribution in [0.4, 0.5) is 0 Å². The number of carbonyl (C=O) groups excluding carboxylic acids is 2. The molecule has 2 aliphatic rings. The minimum Gasteiger partial charge on any atom is -0.504 e. The fourth-order valence-electron chi connectivity index (χ4n) is 5.84. The van der Waals surface area contributed by atoms with Crippen molar-refractivity contribution in [2.75, 3.05) is 27.9 Å². The average molecular weight is 570 g/mol. The minimum absolute atomic E-state index is 0.0273. The number of ketones is 1. The van der Waals surface area contributed by atoms with Crippen LogP contribution in [0.3, 0.4) is 0 Å². The second kappa shape index (κ2) is 12.4. The third-order valence-electron chi connectivity index (χ3n) is 7.93. The van der Waals surface area contributed by atoms with E-state index in [9.17, 15) is 14.7 Å². The van der Waals surface area contributed by atoms with Crippen LogP contribution in [0.1, 0.15) is 48.3 Å². The molecular formula is C34H35NO7. The Hall–Kier alpha value is -4.72. The molecule has 1 aliphatic heterocycles. The van der Waals surface area contributed by atoms with Crippen molar-refractivity contribution in [3.05, 3.63) is 106 Å². The first-order chi connectivity index (χ1) is 20.3. The summed E-state index contributed by atoms with van der Waals surface area (Å²) in [5, 5.41) is 13.7. The predicted octanol–water partition coefficient (Wildman–Crippen LogP) is 5.57. The van der Waals surface area contributed by atoms with E-state index in [0.29, 0.717) is 46.7 Å². The van der Waals surface area contributed by atoms with Crippen LogP contribution in [-0.4, -0.2) is 44.8 Å². The van der Waals surface area contributed by atoms with Gasteiger partial charge in [-0.1, -0.05) is 42.5 Å². The van der Waals surface area contributed by atoms with Gasteiger partial charge in [-0.05, 0) is 60.2 Å². The van der Waals surface area contributed by atoms with Crippen molar-refractivity contribution in [1.82, 2.24) is 5.32 Å². The molecule has 0 unspecified atom stereocenters. The lowest BCUT2D eigenvalue weighted by molar-refractivity contribution is -0.139. The van der Waals surface area contributed by atoms with Crippen LogP contribution in [-0.2, 0) is 20.7 Å². The summed E-state index contributed by atoms with van der Waals surface area (Å²) in [4.78, 5) is 27.6. The normalized spacial score (nSPS) is 18.2. The maximum absolute atomic E-state index is 14.0. The number of aromatic hydroxyl groups is 1. The fourth-order valence-corrected chi connectivity index (χ4v) is 5.84. The number of phenolic OH excluding ortho intramolecular Hbond substituents is 1. The molecule has 8 heteroatoms. The molecule has 0 saturated heterocycles. The molecule has 5 rings (SSSR count). The number of ether oxygens (including phenoxy) is 4. The molecular weight excluding hydrogens is 534 g/mol. The first kappa shape index (κ1) is 28.8. The predicted molar refractivity (Wildman–Crippen MR) is 158 cm³/mol. The summed E-state index contributed by atoms with van der Waals surface area (Å²) in [5.41, 5.74) is 4.97. The molecule has 0 spiro atoms. The van der Waals surface area contributed by atoms with Gasteiger partial charge >= 0.3 is 5.97 Å². The van der Waals surface area contributed by atoms with Crippen molar-refractivity contribution < 1.29 is 33.6 Å². The maximum atomic E-state index is 14.0. The lowest BCUT2D eigenvalue weighted by atomic mass is 9.71. The first-order valence-electron chi connectivity index (χ1n) is 13.9. The van der Waals surface area contributed by atoms with Gasteiger partial charge in [-0.2, -0.15) is 0 Å². The standard InChI is InChI=1S/C34H35NO7/c1-20-31(34(38)42-15-14-21-8-6-5-7-9-21)32(23-10-12-26(36)29(19-23)40-3)33-25(35-20)16-24(17-27(33)37)22-11-13-28(39-2)30(18-22)41-4/h5-13,18-19,24,32,35-36H,14-17H2,1-4H3/t24-,32-/m1/s1. The number of esters is 1. The molecule has 0 bridgehead atoms. The van der Waals surface area contributed by atoms with Crippen LogP contribution < -0.4 is 19.5 Å². The smallest absolute Gasteiger partial charge is 0.336 e. The number of benzene rings is 3. The van der Waals surface area contributed by atoms with Crippen LogP contribution >= 0.6 is 0 Å². The zero-order valence-electron chi connectivity index (χ0n) is 24.2. The van der Waals surface area contributed by atoms with Gasteiger partial charge in [-0.15, -0.1) is 0 Å². The molecule has 42 heavy (non-hydrogen) atoms. The number of nitrogens with one attached hydrogen (secondary N) is 1. The summed E-state index contributed by atoms with van der Waals surface area (Å²) in [6.45, 7) is 2.03. The molecule has 0 amide bonds. The van der Waals surface area contributed by atoms with Crippen LogP contribution in [0.15, 0.2) is 89.3 Å². The van der Waals surface area contributed by atoms with Gasteiger partial charge in [-0.3, -0.25) is 4.79 Å². The Balaban J connectivity index is 1.50. The molecule has 0 aromatic heterocycles. The molecule has 3 aromatic rings.